The van der Waals surface area contributed by atoms with Gasteiger partial charge in [-0.3, -0.25) is 0 Å². The molecule has 1 aromatic heterocycles. The van der Waals surface area contributed by atoms with Gasteiger partial charge in [0.1, 0.15) is 17.3 Å². The summed E-state index contributed by atoms with van der Waals surface area (Å²) < 4.78 is 32.1. The lowest BCUT2D eigenvalue weighted by Gasteiger charge is -2.36. The molecule has 1 fully saturated rings. The van der Waals surface area contributed by atoms with Gasteiger partial charge in [-0.1, -0.05) is 0 Å². The summed E-state index contributed by atoms with van der Waals surface area (Å²) >= 11 is 0. The molecule has 1 aliphatic rings. The number of aryl methyl sites for hydroxylation is 1. The largest absolute Gasteiger partial charge is 0.480 e. The molecule has 0 bridgehead atoms. The lowest BCUT2D eigenvalue weighted by atomic mass is 10.1. The van der Waals surface area contributed by atoms with E-state index in [4.69, 9.17) is 4.74 Å². The highest BCUT2D eigenvalue weighted by molar-refractivity contribution is 5.91. The fourth-order valence-corrected chi connectivity index (χ4v) is 3.35. The Labute approximate surface area is 167 Å². The number of benzene rings is 1. The molecule has 2 N–H and O–H groups in total. The number of amides is 2. The van der Waals surface area contributed by atoms with Crippen LogP contribution in [0.1, 0.15) is 24.3 Å². The number of hydrogen-bond donors (Lipinski definition) is 2. The van der Waals surface area contributed by atoms with E-state index in [2.05, 4.69) is 10.3 Å². The van der Waals surface area contributed by atoms with Gasteiger partial charge in [0.25, 0.3) is 0 Å². The third-order valence-corrected chi connectivity index (χ3v) is 4.88. The fraction of sp³-hybridized carbons (Fsp3) is 0.400. The van der Waals surface area contributed by atoms with Gasteiger partial charge in [0.15, 0.2) is 0 Å². The van der Waals surface area contributed by atoms with Crippen molar-refractivity contribution in [2.45, 2.75) is 20.0 Å². The fourth-order valence-electron chi connectivity index (χ4n) is 3.35. The summed E-state index contributed by atoms with van der Waals surface area (Å²) in [6.45, 7) is 5.03. The molecule has 0 saturated carbocycles. The number of aliphatic hydroxyl groups excluding tert-OH is 1. The van der Waals surface area contributed by atoms with Crippen molar-refractivity contribution in [1.82, 2.24) is 9.88 Å². The minimum atomic E-state index is -0.737. The average molecular weight is 406 g/mol. The summed E-state index contributed by atoms with van der Waals surface area (Å²) in [6, 6.07) is 4.70. The molecule has 2 heterocycles. The standard InChI is InChI=1S/C20H24F2N4O3/c1-12-17(13(2)27)11-18(19(23-12)29-3)24-20(28)26-6-4-25(5-7-26)16-9-14(21)8-15(22)10-16/h8-11,13,27H,4-7H2,1-3H3,(H,24,28). The van der Waals surface area contributed by atoms with Gasteiger partial charge >= 0.3 is 6.03 Å². The van der Waals surface area contributed by atoms with Gasteiger partial charge in [0.2, 0.25) is 5.88 Å². The van der Waals surface area contributed by atoms with E-state index in [0.717, 1.165) is 6.07 Å². The molecule has 3 rings (SSSR count). The predicted octanol–water partition coefficient (Wildman–Crippen LogP) is 3.08. The molecule has 1 aliphatic heterocycles. The number of ether oxygens (including phenoxy) is 1. The monoisotopic (exact) mass is 406 g/mol. The molecule has 0 aliphatic carbocycles. The maximum Gasteiger partial charge on any atom is 0.322 e. The van der Waals surface area contributed by atoms with Crippen molar-refractivity contribution < 1.29 is 23.4 Å². The van der Waals surface area contributed by atoms with Crippen LogP contribution in [0.25, 0.3) is 0 Å². The second-order valence-electron chi connectivity index (χ2n) is 6.93. The lowest BCUT2D eigenvalue weighted by molar-refractivity contribution is 0.197. The number of urea groups is 1. The van der Waals surface area contributed by atoms with Gasteiger partial charge in [0, 0.05) is 49.2 Å². The summed E-state index contributed by atoms with van der Waals surface area (Å²) in [7, 11) is 1.45. The molecule has 1 saturated heterocycles. The Morgan fingerprint density at radius 3 is 2.34 bits per heavy atom. The van der Waals surface area contributed by atoms with E-state index in [1.54, 1.807) is 24.8 Å². The summed E-state index contributed by atoms with van der Waals surface area (Å²) in [6.07, 6.45) is -0.737. The van der Waals surface area contributed by atoms with Gasteiger partial charge in [0.05, 0.1) is 13.2 Å². The van der Waals surface area contributed by atoms with Crippen molar-refractivity contribution in [1.29, 1.82) is 0 Å². The molecular weight excluding hydrogens is 382 g/mol. The van der Waals surface area contributed by atoms with Crippen LogP contribution in [0.4, 0.5) is 25.0 Å². The van der Waals surface area contributed by atoms with Gasteiger partial charge in [-0.15, -0.1) is 0 Å². The SMILES string of the molecule is COc1nc(C)c(C(C)O)cc1NC(=O)N1CCN(c2cc(F)cc(F)c2)CC1. The summed E-state index contributed by atoms with van der Waals surface area (Å²) in [5.41, 5.74) is 2.03. The number of aliphatic hydroxyl groups is 1. The van der Waals surface area contributed by atoms with Crippen molar-refractivity contribution in [3.63, 3.8) is 0 Å². The first kappa shape index (κ1) is 20.8. The Kier molecular flexibility index (Phi) is 6.17. The lowest BCUT2D eigenvalue weighted by Crippen LogP contribution is -2.50. The van der Waals surface area contributed by atoms with E-state index in [1.165, 1.54) is 19.2 Å². The van der Waals surface area contributed by atoms with Crippen LogP contribution in [0.3, 0.4) is 0 Å². The zero-order valence-corrected chi connectivity index (χ0v) is 16.6. The van der Waals surface area contributed by atoms with Crippen LogP contribution in [0.15, 0.2) is 24.3 Å². The van der Waals surface area contributed by atoms with Crippen molar-refractivity contribution in [2.75, 3.05) is 43.5 Å². The molecule has 156 valence electrons. The number of nitrogens with one attached hydrogen (secondary N) is 1. The van der Waals surface area contributed by atoms with Crippen LogP contribution in [0.2, 0.25) is 0 Å². The molecule has 1 aromatic carbocycles. The normalized spacial score (nSPS) is 15.2. The summed E-state index contributed by atoms with van der Waals surface area (Å²) in [4.78, 5) is 20.4. The van der Waals surface area contributed by atoms with E-state index in [9.17, 15) is 18.7 Å². The molecule has 29 heavy (non-hydrogen) atoms. The molecular formula is C20H24F2N4O3. The number of pyridine rings is 1. The van der Waals surface area contributed by atoms with Crippen LogP contribution < -0.4 is 15.0 Å². The van der Waals surface area contributed by atoms with Crippen molar-refractivity contribution in [2.24, 2.45) is 0 Å². The first-order chi connectivity index (χ1) is 13.8. The number of nitrogens with zero attached hydrogens (tertiary/aromatic N) is 3. The number of carbonyl (C=O) groups excluding carboxylic acids is 1. The minimum absolute atomic E-state index is 0.258. The molecule has 2 amide bonds. The maximum atomic E-state index is 13.4. The third kappa shape index (κ3) is 4.73. The van der Waals surface area contributed by atoms with Crippen LogP contribution in [-0.2, 0) is 0 Å². The van der Waals surface area contributed by atoms with Crippen LogP contribution in [-0.4, -0.2) is 54.3 Å². The zero-order chi connectivity index (χ0) is 21.1. The van der Waals surface area contributed by atoms with Crippen molar-refractivity contribution >= 4 is 17.4 Å². The predicted molar refractivity (Wildman–Crippen MR) is 105 cm³/mol. The van der Waals surface area contributed by atoms with Crippen molar-refractivity contribution in [3.05, 3.63) is 47.2 Å². The molecule has 1 atom stereocenters. The zero-order valence-electron chi connectivity index (χ0n) is 16.6. The number of halogens is 2. The second kappa shape index (κ2) is 8.60. The highest BCUT2D eigenvalue weighted by Crippen LogP contribution is 2.28. The number of anilines is 2. The molecule has 0 spiro atoms. The third-order valence-electron chi connectivity index (χ3n) is 4.88. The Balaban J connectivity index is 1.68. The highest BCUT2D eigenvalue weighted by Gasteiger charge is 2.23. The summed E-state index contributed by atoms with van der Waals surface area (Å²) in [5, 5.41) is 12.7. The highest BCUT2D eigenvalue weighted by atomic mass is 19.1. The van der Waals surface area contributed by atoms with Crippen molar-refractivity contribution in [3.8, 4) is 5.88 Å². The number of carbonyl (C=O) groups is 1. The first-order valence-electron chi connectivity index (χ1n) is 9.29. The van der Waals surface area contributed by atoms with Gasteiger partial charge < -0.3 is 25.0 Å². The van der Waals surface area contributed by atoms with E-state index >= 15 is 0 Å². The van der Waals surface area contributed by atoms with E-state index in [0.29, 0.717) is 48.8 Å². The Morgan fingerprint density at radius 1 is 1.17 bits per heavy atom. The number of rotatable bonds is 4. The smallest absolute Gasteiger partial charge is 0.322 e. The van der Waals surface area contributed by atoms with E-state index in [-0.39, 0.29) is 11.9 Å². The first-order valence-corrected chi connectivity index (χ1v) is 9.29. The number of aromatic nitrogens is 1. The van der Waals surface area contributed by atoms with Gasteiger partial charge in [-0.2, -0.15) is 0 Å². The number of piperazine rings is 1. The van der Waals surface area contributed by atoms with Crippen LogP contribution >= 0.6 is 0 Å². The minimum Gasteiger partial charge on any atom is -0.480 e. The average Bonchev–Trinajstić information content (AvgIpc) is 2.68. The van der Waals surface area contributed by atoms with E-state index < -0.39 is 17.7 Å². The van der Waals surface area contributed by atoms with Gasteiger partial charge in [-0.05, 0) is 32.0 Å². The Hall–Kier alpha value is -2.94. The molecule has 1 unspecified atom stereocenters. The number of hydrogen-bond acceptors (Lipinski definition) is 5. The Morgan fingerprint density at radius 2 is 1.79 bits per heavy atom. The number of methoxy groups -OCH3 is 1. The summed E-state index contributed by atoms with van der Waals surface area (Å²) in [5.74, 6) is -1.00. The van der Waals surface area contributed by atoms with E-state index in [1.807, 2.05) is 4.90 Å². The molecule has 2 aromatic rings. The quantitative estimate of drug-likeness (QED) is 0.816. The second-order valence-corrected chi connectivity index (χ2v) is 6.93. The maximum absolute atomic E-state index is 13.4. The van der Waals surface area contributed by atoms with Crippen LogP contribution in [0, 0.1) is 18.6 Å². The molecule has 0 radical (unpaired) electrons. The van der Waals surface area contributed by atoms with Crippen LogP contribution in [0.5, 0.6) is 5.88 Å². The molecule has 7 nitrogen and oxygen atoms in total. The topological polar surface area (TPSA) is 77.9 Å². The van der Waals surface area contributed by atoms with Gasteiger partial charge in [-0.25, -0.2) is 18.6 Å². The molecule has 9 heteroatoms. The Bertz CT molecular complexity index is 879.